The Kier molecular flexibility index (Phi) is 9.44. The second-order valence-electron chi connectivity index (χ2n) is 8.23. The van der Waals surface area contributed by atoms with Crippen LogP contribution in [0.5, 0.6) is 0 Å². The molecule has 1 atom stereocenters. The molecule has 0 spiro atoms. The second kappa shape index (κ2) is 12.5. The van der Waals surface area contributed by atoms with Crippen LogP contribution in [-0.4, -0.2) is 62.1 Å². The molecule has 2 aliphatic heterocycles. The fourth-order valence-electron chi connectivity index (χ4n) is 3.98. The normalized spacial score (nSPS) is 20.1. The third-order valence-electron chi connectivity index (χ3n) is 5.78. The van der Waals surface area contributed by atoms with Gasteiger partial charge in [-0.25, -0.2) is 0 Å². The minimum absolute atomic E-state index is 0.189. The number of hydrogen-bond acceptors (Lipinski definition) is 6. The number of piperidine rings is 1. The molecule has 0 radical (unpaired) electrons. The molecule has 1 aromatic carbocycles. The molecule has 0 aromatic heterocycles. The van der Waals surface area contributed by atoms with Crippen LogP contribution in [0.15, 0.2) is 24.3 Å². The van der Waals surface area contributed by atoms with Crippen molar-refractivity contribution in [2.45, 2.75) is 57.4 Å². The van der Waals surface area contributed by atoms with Crippen LogP contribution < -0.4 is 16.0 Å². The van der Waals surface area contributed by atoms with Gasteiger partial charge in [0.2, 0.25) is 11.8 Å². The summed E-state index contributed by atoms with van der Waals surface area (Å²) in [5.41, 5.74) is 1.95. The highest BCUT2D eigenvalue weighted by molar-refractivity contribution is 6.01. The Morgan fingerprint density at radius 2 is 1.73 bits per heavy atom. The second-order valence-corrected chi connectivity index (χ2v) is 8.23. The van der Waals surface area contributed by atoms with Gasteiger partial charge in [0, 0.05) is 37.4 Å². The van der Waals surface area contributed by atoms with Crippen LogP contribution in [-0.2, 0) is 14.3 Å². The topological polar surface area (TPSA) is 82.7 Å². The van der Waals surface area contributed by atoms with E-state index < -0.39 is 0 Å². The lowest BCUT2D eigenvalue weighted by atomic mass is 10.1. The highest BCUT2D eigenvalue weighted by Gasteiger charge is 2.26. The fourth-order valence-corrected chi connectivity index (χ4v) is 3.98. The molecule has 166 valence electrons. The lowest BCUT2D eigenvalue weighted by Crippen LogP contribution is -2.47. The molecule has 7 nitrogen and oxygen atoms in total. The lowest BCUT2D eigenvalue weighted by molar-refractivity contribution is -0.133. The lowest BCUT2D eigenvalue weighted by Gasteiger charge is -2.26. The van der Waals surface area contributed by atoms with E-state index >= 15 is 0 Å². The van der Waals surface area contributed by atoms with E-state index in [1.165, 1.54) is 38.6 Å². The van der Waals surface area contributed by atoms with Crippen molar-refractivity contribution in [3.63, 3.8) is 0 Å². The van der Waals surface area contributed by atoms with E-state index in [9.17, 15) is 9.59 Å². The van der Waals surface area contributed by atoms with E-state index in [-0.39, 0.29) is 17.9 Å². The third kappa shape index (κ3) is 7.95. The minimum Gasteiger partial charge on any atom is -0.385 e. The molecule has 30 heavy (non-hydrogen) atoms. The molecule has 2 saturated heterocycles. The maximum atomic E-state index is 11.9. The van der Waals surface area contributed by atoms with Crippen LogP contribution in [0, 0.1) is 0 Å². The van der Waals surface area contributed by atoms with Gasteiger partial charge in [-0.1, -0.05) is 31.7 Å². The summed E-state index contributed by atoms with van der Waals surface area (Å²) in [5, 5.41) is 9.09. The average molecular weight is 417 g/mol. The highest BCUT2D eigenvalue weighted by atomic mass is 16.5. The van der Waals surface area contributed by atoms with E-state index in [1.54, 1.807) is 0 Å². The van der Waals surface area contributed by atoms with E-state index in [4.69, 9.17) is 4.74 Å². The number of rotatable bonds is 12. The molecular weight excluding hydrogens is 380 g/mol. The summed E-state index contributed by atoms with van der Waals surface area (Å²) < 4.78 is 5.38. The van der Waals surface area contributed by atoms with E-state index in [1.807, 2.05) is 24.3 Å². The Bertz CT molecular complexity index is 676. The molecule has 1 unspecified atom stereocenters. The highest BCUT2D eigenvalue weighted by Crippen LogP contribution is 2.18. The summed E-state index contributed by atoms with van der Waals surface area (Å²) in [6.45, 7) is 6.14. The fraction of sp³-hybridized carbons (Fsp3) is 0.652. The van der Waals surface area contributed by atoms with Gasteiger partial charge in [-0.15, -0.1) is 0 Å². The molecule has 0 aliphatic carbocycles. The Hall–Kier alpha value is -2.12. The number of carbonyl (C=O) groups excluding carboxylic acids is 2. The van der Waals surface area contributed by atoms with Crippen LogP contribution in [0.25, 0.3) is 0 Å². The number of benzene rings is 1. The van der Waals surface area contributed by atoms with Gasteiger partial charge in [0.25, 0.3) is 0 Å². The summed E-state index contributed by atoms with van der Waals surface area (Å²) >= 11 is 0. The van der Waals surface area contributed by atoms with Gasteiger partial charge in [0.1, 0.15) is 6.04 Å². The first-order chi connectivity index (χ1) is 14.7. The van der Waals surface area contributed by atoms with Crippen LogP contribution in [0.1, 0.15) is 51.4 Å². The summed E-state index contributed by atoms with van der Waals surface area (Å²) in [7, 11) is 0. The Labute approximate surface area is 179 Å². The largest absolute Gasteiger partial charge is 0.385 e. The number of nitrogens with zero attached hydrogens (tertiary/aromatic N) is 1. The number of anilines is 2. The zero-order valence-corrected chi connectivity index (χ0v) is 18.0. The molecule has 2 fully saturated rings. The van der Waals surface area contributed by atoms with Crippen molar-refractivity contribution in [3.05, 3.63) is 24.3 Å². The predicted octanol–water partition coefficient (Wildman–Crippen LogP) is 2.99. The van der Waals surface area contributed by atoms with E-state index in [0.717, 1.165) is 50.6 Å². The minimum atomic E-state index is -0.346. The molecule has 0 saturated carbocycles. The first-order valence-corrected chi connectivity index (χ1v) is 11.4. The zero-order valence-electron chi connectivity index (χ0n) is 18.0. The molecule has 2 amide bonds. The number of morpholine rings is 1. The summed E-state index contributed by atoms with van der Waals surface area (Å²) in [6.07, 6.45) is 8.55. The Morgan fingerprint density at radius 1 is 1.00 bits per heavy atom. The zero-order chi connectivity index (χ0) is 21.0. The molecule has 7 heteroatoms. The van der Waals surface area contributed by atoms with Gasteiger partial charge < -0.3 is 15.4 Å². The summed E-state index contributed by atoms with van der Waals surface area (Å²) in [5.74, 6) is -0.430. The van der Waals surface area contributed by atoms with Crippen molar-refractivity contribution in [2.75, 3.05) is 50.0 Å². The molecule has 2 heterocycles. The Balaban J connectivity index is 1.23. The Morgan fingerprint density at radius 3 is 2.53 bits per heavy atom. The van der Waals surface area contributed by atoms with Gasteiger partial charge in [-0.05, 0) is 44.0 Å². The van der Waals surface area contributed by atoms with E-state index in [2.05, 4.69) is 20.9 Å². The number of hydrogen-bond donors (Lipinski definition) is 3. The molecule has 2 aliphatic rings. The first-order valence-electron chi connectivity index (χ1n) is 11.4. The predicted molar refractivity (Wildman–Crippen MR) is 120 cm³/mol. The van der Waals surface area contributed by atoms with Gasteiger partial charge in [0.05, 0.1) is 13.2 Å². The van der Waals surface area contributed by atoms with Crippen molar-refractivity contribution in [3.8, 4) is 0 Å². The van der Waals surface area contributed by atoms with Gasteiger partial charge in [0.15, 0.2) is 0 Å². The van der Waals surface area contributed by atoms with Crippen molar-refractivity contribution < 1.29 is 14.3 Å². The van der Waals surface area contributed by atoms with Crippen molar-refractivity contribution in [1.82, 2.24) is 10.2 Å². The van der Waals surface area contributed by atoms with Crippen LogP contribution in [0.2, 0.25) is 0 Å². The maximum absolute atomic E-state index is 11.9. The van der Waals surface area contributed by atoms with Crippen molar-refractivity contribution in [1.29, 1.82) is 0 Å². The number of nitrogens with one attached hydrogen (secondary N) is 3. The molecular formula is C23H36N4O3. The standard InChI is InChI=1S/C23H36N4O3/c28-22-11-10-21(23(29)26-22)25-20-9-7-8-19(18-20)24-12-5-3-1-2-4-6-13-27-14-16-30-17-15-27/h7-9,18,21,24-25H,1-6,10-17H2,(H,26,28,29). The molecule has 3 N–H and O–H groups in total. The quantitative estimate of drug-likeness (QED) is 0.359. The first kappa shape index (κ1) is 22.6. The van der Waals surface area contributed by atoms with E-state index in [0.29, 0.717) is 12.8 Å². The molecule has 1 aromatic rings. The van der Waals surface area contributed by atoms with Crippen LogP contribution in [0.4, 0.5) is 11.4 Å². The smallest absolute Gasteiger partial charge is 0.249 e. The number of carbonyl (C=O) groups is 2. The maximum Gasteiger partial charge on any atom is 0.249 e. The van der Waals surface area contributed by atoms with Gasteiger partial charge in [-0.3, -0.25) is 19.8 Å². The van der Waals surface area contributed by atoms with Crippen LogP contribution in [0.3, 0.4) is 0 Å². The molecule has 0 bridgehead atoms. The number of ether oxygens (including phenoxy) is 1. The number of imide groups is 1. The third-order valence-corrected chi connectivity index (χ3v) is 5.78. The average Bonchev–Trinajstić information content (AvgIpc) is 2.75. The van der Waals surface area contributed by atoms with Crippen LogP contribution >= 0.6 is 0 Å². The van der Waals surface area contributed by atoms with Gasteiger partial charge in [-0.2, -0.15) is 0 Å². The number of unbranched alkanes of at least 4 members (excludes halogenated alkanes) is 5. The monoisotopic (exact) mass is 416 g/mol. The SMILES string of the molecule is O=C1CCC(Nc2cccc(NCCCCCCCCN3CCOCC3)c2)C(=O)N1. The summed E-state index contributed by atoms with van der Waals surface area (Å²) in [4.78, 5) is 25.7. The van der Waals surface area contributed by atoms with Gasteiger partial charge >= 0.3 is 0 Å². The van der Waals surface area contributed by atoms with Crippen molar-refractivity contribution in [2.24, 2.45) is 0 Å². The van der Waals surface area contributed by atoms with Crippen molar-refractivity contribution >= 4 is 23.2 Å². The number of amides is 2. The summed E-state index contributed by atoms with van der Waals surface area (Å²) in [6, 6.07) is 7.65. The molecule has 3 rings (SSSR count).